The molecule has 0 aliphatic heterocycles. The van der Waals surface area contributed by atoms with Gasteiger partial charge in [0.2, 0.25) is 0 Å². The summed E-state index contributed by atoms with van der Waals surface area (Å²) >= 11 is 3.67. The van der Waals surface area contributed by atoms with Crippen LogP contribution in [-0.2, 0) is 18.2 Å². The highest BCUT2D eigenvalue weighted by Crippen LogP contribution is 2.36. The first-order valence-electron chi connectivity index (χ1n) is 7.52. The molecule has 1 fully saturated rings. The molecule has 1 saturated carbocycles. The van der Waals surface area contributed by atoms with Crippen LogP contribution in [-0.4, -0.2) is 35.6 Å². The molecule has 5 heteroatoms. The molecule has 0 bridgehead atoms. The molecule has 20 heavy (non-hydrogen) atoms. The molecule has 1 aliphatic rings. The van der Waals surface area contributed by atoms with Crippen molar-refractivity contribution >= 4 is 15.9 Å². The van der Waals surface area contributed by atoms with Crippen molar-refractivity contribution in [1.29, 1.82) is 0 Å². The maximum Gasteiger partial charge on any atom is 0.0756 e. The Morgan fingerprint density at radius 1 is 1.50 bits per heavy atom. The van der Waals surface area contributed by atoms with Crippen LogP contribution >= 0.6 is 15.9 Å². The zero-order valence-electron chi connectivity index (χ0n) is 12.9. The van der Waals surface area contributed by atoms with E-state index in [1.165, 1.54) is 18.5 Å². The van der Waals surface area contributed by atoms with Crippen LogP contribution in [0.1, 0.15) is 37.6 Å². The first-order chi connectivity index (χ1) is 9.58. The number of nitrogens with one attached hydrogen (secondary N) is 1. The first-order valence-corrected chi connectivity index (χ1v) is 8.31. The Labute approximate surface area is 130 Å². The summed E-state index contributed by atoms with van der Waals surface area (Å²) in [4.78, 5) is 0. The Balaban J connectivity index is 2.13. The molecule has 0 radical (unpaired) electrons. The number of ether oxygens (including phenoxy) is 1. The van der Waals surface area contributed by atoms with E-state index in [9.17, 15) is 0 Å². The minimum atomic E-state index is 0.309. The molecular formula is C15H26BrN3O. The summed E-state index contributed by atoms with van der Waals surface area (Å²) in [6.07, 6.45) is 5.00. The number of halogens is 1. The average molecular weight is 344 g/mol. The van der Waals surface area contributed by atoms with E-state index in [4.69, 9.17) is 4.74 Å². The van der Waals surface area contributed by atoms with E-state index in [0.717, 1.165) is 35.5 Å². The second-order valence-electron chi connectivity index (χ2n) is 5.77. The van der Waals surface area contributed by atoms with Gasteiger partial charge >= 0.3 is 0 Å². The van der Waals surface area contributed by atoms with Gasteiger partial charge in [0.15, 0.2) is 0 Å². The normalized spacial score (nSPS) is 18.2. The third-order valence-corrected chi connectivity index (χ3v) is 5.12. The number of hydrogen-bond acceptors (Lipinski definition) is 3. The van der Waals surface area contributed by atoms with Gasteiger partial charge in [-0.2, -0.15) is 5.10 Å². The fraction of sp³-hybridized carbons (Fsp3) is 0.800. The van der Waals surface area contributed by atoms with Crippen molar-refractivity contribution in [3.8, 4) is 0 Å². The molecule has 1 aliphatic carbocycles. The lowest BCUT2D eigenvalue weighted by Gasteiger charge is -2.27. The van der Waals surface area contributed by atoms with Gasteiger partial charge in [0.1, 0.15) is 0 Å². The average Bonchev–Trinajstić information content (AvgIpc) is 3.21. The number of nitrogens with zero attached hydrogens (tertiary/aromatic N) is 2. The fourth-order valence-corrected chi connectivity index (χ4v) is 3.35. The van der Waals surface area contributed by atoms with E-state index < -0.39 is 0 Å². The van der Waals surface area contributed by atoms with Gasteiger partial charge in [0.05, 0.1) is 22.0 Å². The number of aromatic nitrogens is 2. The van der Waals surface area contributed by atoms with Crippen LogP contribution in [0.4, 0.5) is 0 Å². The van der Waals surface area contributed by atoms with E-state index >= 15 is 0 Å². The van der Waals surface area contributed by atoms with Crippen LogP contribution < -0.4 is 5.32 Å². The maximum absolute atomic E-state index is 5.78. The molecule has 0 aromatic carbocycles. The maximum atomic E-state index is 5.78. The first kappa shape index (κ1) is 16.0. The molecular weight excluding hydrogens is 318 g/mol. The summed E-state index contributed by atoms with van der Waals surface area (Å²) in [7, 11) is 3.86. The number of aryl methyl sites for hydroxylation is 2. The molecule has 4 nitrogen and oxygen atoms in total. The third-order valence-electron chi connectivity index (χ3n) is 4.09. The van der Waals surface area contributed by atoms with Crippen molar-refractivity contribution in [3.05, 3.63) is 15.9 Å². The van der Waals surface area contributed by atoms with Crippen molar-refractivity contribution in [1.82, 2.24) is 15.1 Å². The highest BCUT2D eigenvalue weighted by molar-refractivity contribution is 9.10. The van der Waals surface area contributed by atoms with Crippen molar-refractivity contribution in [3.63, 3.8) is 0 Å². The lowest BCUT2D eigenvalue weighted by Crippen LogP contribution is -2.44. The second-order valence-corrected chi connectivity index (χ2v) is 6.57. The Hall–Kier alpha value is -0.390. The molecule has 1 aromatic rings. The molecule has 114 valence electrons. The number of rotatable bonds is 8. The number of hydrogen-bond donors (Lipinski definition) is 1. The predicted octanol–water partition coefficient (Wildman–Crippen LogP) is 2.83. The standard InChI is InChI=1S/C15H26BrN3O/c1-5-8-17-12(15(20-4)11-6-7-11)9-13-14(16)10(2)18-19(13)3/h11-12,15,17H,5-9H2,1-4H3. The van der Waals surface area contributed by atoms with E-state index in [-0.39, 0.29) is 0 Å². The quantitative estimate of drug-likeness (QED) is 0.788. The van der Waals surface area contributed by atoms with Gasteiger partial charge in [-0.15, -0.1) is 0 Å². The van der Waals surface area contributed by atoms with Crippen molar-refractivity contribution in [2.24, 2.45) is 13.0 Å². The van der Waals surface area contributed by atoms with Crippen LogP contribution in [0.5, 0.6) is 0 Å². The molecule has 0 amide bonds. The smallest absolute Gasteiger partial charge is 0.0756 e. The Bertz CT molecular complexity index is 443. The largest absolute Gasteiger partial charge is 0.380 e. The molecule has 2 atom stereocenters. The van der Waals surface area contributed by atoms with Crippen LogP contribution in [0, 0.1) is 12.8 Å². The van der Waals surface area contributed by atoms with Gasteiger partial charge in [-0.1, -0.05) is 6.92 Å². The lowest BCUT2D eigenvalue weighted by atomic mass is 10.0. The van der Waals surface area contributed by atoms with Crippen LogP contribution in [0.2, 0.25) is 0 Å². The zero-order chi connectivity index (χ0) is 14.7. The summed E-state index contributed by atoms with van der Waals surface area (Å²) in [5.74, 6) is 0.724. The summed E-state index contributed by atoms with van der Waals surface area (Å²) in [5, 5.41) is 8.16. The SMILES string of the molecule is CCCNC(Cc1c(Br)c(C)nn1C)C(OC)C1CC1. The fourth-order valence-electron chi connectivity index (χ4n) is 2.85. The molecule has 2 unspecified atom stereocenters. The molecule has 0 spiro atoms. The Kier molecular flexibility index (Phi) is 5.64. The highest BCUT2D eigenvalue weighted by Gasteiger charge is 2.37. The topological polar surface area (TPSA) is 39.1 Å². The van der Waals surface area contributed by atoms with Crippen LogP contribution in [0.3, 0.4) is 0 Å². The minimum absolute atomic E-state index is 0.309. The van der Waals surface area contributed by atoms with Gasteiger partial charge in [-0.25, -0.2) is 0 Å². The number of methoxy groups -OCH3 is 1. The van der Waals surface area contributed by atoms with E-state index in [1.807, 2.05) is 25.8 Å². The van der Waals surface area contributed by atoms with E-state index in [1.54, 1.807) is 0 Å². The van der Waals surface area contributed by atoms with E-state index in [0.29, 0.717) is 12.1 Å². The van der Waals surface area contributed by atoms with Crippen molar-refractivity contribution < 1.29 is 4.74 Å². The van der Waals surface area contributed by atoms with Gasteiger partial charge in [0.25, 0.3) is 0 Å². The summed E-state index contributed by atoms with van der Waals surface area (Å²) < 4.78 is 8.90. The second kappa shape index (κ2) is 7.05. The Morgan fingerprint density at radius 3 is 2.65 bits per heavy atom. The Morgan fingerprint density at radius 2 is 2.20 bits per heavy atom. The lowest BCUT2D eigenvalue weighted by molar-refractivity contribution is 0.0505. The molecule has 0 saturated heterocycles. The molecule has 1 aromatic heterocycles. The summed E-state index contributed by atoms with van der Waals surface area (Å²) in [6.45, 7) is 5.27. The summed E-state index contributed by atoms with van der Waals surface area (Å²) in [5.41, 5.74) is 2.30. The monoisotopic (exact) mass is 343 g/mol. The van der Waals surface area contributed by atoms with Crippen LogP contribution in [0.25, 0.3) is 0 Å². The van der Waals surface area contributed by atoms with Crippen molar-refractivity contribution in [2.45, 2.75) is 51.7 Å². The molecule has 1 heterocycles. The van der Waals surface area contributed by atoms with Crippen LogP contribution in [0.15, 0.2) is 4.47 Å². The third kappa shape index (κ3) is 3.62. The minimum Gasteiger partial charge on any atom is -0.380 e. The van der Waals surface area contributed by atoms with Gasteiger partial charge in [-0.05, 0) is 54.6 Å². The molecule has 2 rings (SSSR count). The molecule has 1 N–H and O–H groups in total. The predicted molar refractivity (Wildman–Crippen MR) is 85.0 cm³/mol. The highest BCUT2D eigenvalue weighted by atomic mass is 79.9. The van der Waals surface area contributed by atoms with Gasteiger partial charge in [0, 0.05) is 26.6 Å². The summed E-state index contributed by atoms with van der Waals surface area (Å²) in [6, 6.07) is 0.360. The van der Waals surface area contributed by atoms with Gasteiger partial charge in [-0.3, -0.25) is 4.68 Å². The van der Waals surface area contributed by atoms with E-state index in [2.05, 4.69) is 33.3 Å². The zero-order valence-corrected chi connectivity index (χ0v) is 14.5. The van der Waals surface area contributed by atoms with Crippen molar-refractivity contribution in [2.75, 3.05) is 13.7 Å². The van der Waals surface area contributed by atoms with Gasteiger partial charge < -0.3 is 10.1 Å².